The zero-order valence-electron chi connectivity index (χ0n) is 21.3. The summed E-state index contributed by atoms with van der Waals surface area (Å²) in [5.41, 5.74) is 3.62. The van der Waals surface area contributed by atoms with Gasteiger partial charge in [-0.2, -0.15) is 18.2 Å². The molecule has 0 saturated carbocycles. The highest BCUT2D eigenvalue weighted by Crippen LogP contribution is 2.44. The number of hydrogen-bond acceptors (Lipinski definition) is 4. The van der Waals surface area contributed by atoms with Crippen LogP contribution in [0.25, 0.3) is 22.5 Å². The van der Waals surface area contributed by atoms with Gasteiger partial charge in [-0.25, -0.2) is 4.98 Å². The van der Waals surface area contributed by atoms with E-state index in [2.05, 4.69) is 9.97 Å². The molecule has 4 heterocycles. The molecule has 200 valence electrons. The van der Waals surface area contributed by atoms with Gasteiger partial charge in [-0.15, -0.1) is 0 Å². The quantitative estimate of drug-likeness (QED) is 0.135. The Labute approximate surface area is 248 Å². The second-order valence-electron chi connectivity index (χ2n) is 9.24. The van der Waals surface area contributed by atoms with Gasteiger partial charge in [-0.3, -0.25) is 9.97 Å². The smallest absolute Gasteiger partial charge is 0.224 e. The van der Waals surface area contributed by atoms with E-state index in [1.807, 2.05) is 108 Å². The van der Waals surface area contributed by atoms with Crippen LogP contribution in [0.4, 0.5) is 13.2 Å². The van der Waals surface area contributed by atoms with Crippen molar-refractivity contribution in [3.63, 3.8) is 0 Å². The number of halogens is 4. The molecule has 0 fully saturated rings. The molecule has 0 amide bonds. The fraction of sp³-hybridized carbons (Fsp3) is 0.0303. The predicted molar refractivity (Wildman–Crippen MR) is 159 cm³/mol. The van der Waals surface area contributed by atoms with Crippen molar-refractivity contribution in [2.24, 2.45) is 0 Å². The molecule has 4 nitrogen and oxygen atoms in total. The average Bonchev–Trinajstić information content (AvgIpc) is 2.99. The van der Waals surface area contributed by atoms with Crippen LogP contribution in [0.1, 0.15) is 22.5 Å². The van der Waals surface area contributed by atoms with Gasteiger partial charge in [0.15, 0.2) is 0 Å². The summed E-state index contributed by atoms with van der Waals surface area (Å²) in [7, 11) is 0. The second-order valence-corrected chi connectivity index (χ2v) is 10.3. The summed E-state index contributed by atoms with van der Waals surface area (Å²) < 4.78 is 42.7. The molecule has 0 aliphatic heterocycles. The monoisotopic (exact) mass is 656 g/mol. The van der Waals surface area contributed by atoms with E-state index in [4.69, 9.17) is 9.97 Å². The largest absolute Gasteiger partial charge is 0.251 e. The van der Waals surface area contributed by atoms with E-state index in [1.54, 1.807) is 18.2 Å². The molecule has 6 rings (SSSR count). The fourth-order valence-electron chi connectivity index (χ4n) is 5.06. The third kappa shape index (κ3) is 4.99. The van der Waals surface area contributed by atoms with Crippen LogP contribution in [0.3, 0.4) is 0 Å². The molecule has 0 spiro atoms. The molecule has 2 aromatic carbocycles. The normalized spacial score (nSPS) is 11.4. The van der Waals surface area contributed by atoms with Crippen molar-refractivity contribution < 1.29 is 13.2 Å². The van der Waals surface area contributed by atoms with E-state index in [0.29, 0.717) is 32.0 Å². The number of pyridine rings is 4. The lowest BCUT2D eigenvalue weighted by atomic mass is 9.69. The lowest BCUT2D eigenvalue weighted by molar-refractivity contribution is 0.515. The second kappa shape index (κ2) is 11.2. The molecule has 0 N–H and O–H groups in total. The summed E-state index contributed by atoms with van der Waals surface area (Å²) >= 11 is 2.00. The Morgan fingerprint density at radius 2 is 0.951 bits per heavy atom. The van der Waals surface area contributed by atoms with E-state index in [1.165, 1.54) is 12.1 Å². The summed E-state index contributed by atoms with van der Waals surface area (Å²) in [5.74, 6) is -2.42. The minimum Gasteiger partial charge on any atom is -0.251 e. The first-order chi connectivity index (χ1) is 20.0. The molecular weight excluding hydrogens is 636 g/mol. The third-order valence-corrected chi connectivity index (χ3v) is 7.68. The molecule has 0 atom stereocenters. The van der Waals surface area contributed by atoms with Crippen molar-refractivity contribution in [1.82, 2.24) is 19.9 Å². The first kappa shape index (κ1) is 26.8. The Morgan fingerprint density at radius 1 is 0.463 bits per heavy atom. The van der Waals surface area contributed by atoms with E-state index in [0.717, 1.165) is 17.2 Å². The Hall–Kier alpha value is -4.44. The van der Waals surface area contributed by atoms with Gasteiger partial charge in [0.2, 0.25) is 17.8 Å². The Kier molecular flexibility index (Phi) is 7.32. The first-order valence-corrected chi connectivity index (χ1v) is 13.8. The van der Waals surface area contributed by atoms with Gasteiger partial charge < -0.3 is 0 Å². The van der Waals surface area contributed by atoms with Gasteiger partial charge in [0.1, 0.15) is 9.12 Å². The molecule has 0 bridgehead atoms. The summed E-state index contributed by atoms with van der Waals surface area (Å²) in [5, 5.41) is 0. The standard InChI is InChI=1S/C33H20F3IN4/c34-29-19-17-23(31(36)40-29)25-13-7-15-27(38-25)33(21-9-3-1-4-10-21,22-11-5-2-6-12-22)28-16-8-14-26(39-28)24-18-20-30(35)41-32(24)37/h1-20H. The van der Waals surface area contributed by atoms with Gasteiger partial charge in [-0.1, -0.05) is 72.8 Å². The lowest BCUT2D eigenvalue weighted by Gasteiger charge is -2.35. The van der Waals surface area contributed by atoms with Crippen LogP contribution < -0.4 is 0 Å². The minimum absolute atomic E-state index is 0.0805. The van der Waals surface area contributed by atoms with Gasteiger partial charge in [0.25, 0.3) is 0 Å². The Balaban J connectivity index is 1.67. The first-order valence-electron chi connectivity index (χ1n) is 12.7. The third-order valence-electron chi connectivity index (χ3n) is 6.86. The van der Waals surface area contributed by atoms with E-state index in [-0.39, 0.29) is 5.56 Å². The van der Waals surface area contributed by atoms with Gasteiger partial charge in [0, 0.05) is 5.56 Å². The van der Waals surface area contributed by atoms with Crippen molar-refractivity contribution in [3.8, 4) is 22.5 Å². The van der Waals surface area contributed by atoms with Crippen molar-refractivity contribution in [2.45, 2.75) is 5.41 Å². The highest BCUT2D eigenvalue weighted by molar-refractivity contribution is 14.1. The Bertz CT molecular complexity index is 1710. The zero-order valence-corrected chi connectivity index (χ0v) is 23.5. The molecule has 0 unspecified atom stereocenters. The zero-order chi connectivity index (χ0) is 28.4. The predicted octanol–water partition coefficient (Wildman–Crippen LogP) is 8.01. The SMILES string of the molecule is Fc1ccc(-c2cccc(C(c3ccccc3)(c3ccccc3)c3cccc(-c4ccc(F)nc4I)n3)n2)c(F)n1. The lowest BCUT2D eigenvalue weighted by Crippen LogP contribution is -2.33. The van der Waals surface area contributed by atoms with E-state index >= 15 is 0 Å². The molecule has 4 aromatic heterocycles. The van der Waals surface area contributed by atoms with Gasteiger partial charge >= 0.3 is 0 Å². The maximum absolute atomic E-state index is 14.8. The maximum Gasteiger partial charge on any atom is 0.224 e. The van der Waals surface area contributed by atoms with Crippen LogP contribution in [0.5, 0.6) is 0 Å². The van der Waals surface area contributed by atoms with Gasteiger partial charge in [-0.05, 0) is 82.2 Å². The highest BCUT2D eigenvalue weighted by Gasteiger charge is 2.41. The number of benzene rings is 2. The van der Waals surface area contributed by atoms with Crippen LogP contribution in [0.15, 0.2) is 121 Å². The van der Waals surface area contributed by atoms with Crippen molar-refractivity contribution in [2.75, 3.05) is 0 Å². The number of aromatic nitrogens is 4. The number of nitrogens with zero attached hydrogens (tertiary/aromatic N) is 4. The summed E-state index contributed by atoms with van der Waals surface area (Å²) in [4.78, 5) is 17.4. The number of hydrogen-bond donors (Lipinski definition) is 0. The fourth-order valence-corrected chi connectivity index (χ4v) is 5.75. The van der Waals surface area contributed by atoms with Gasteiger partial charge in [0.05, 0.1) is 28.3 Å². The average molecular weight is 656 g/mol. The van der Waals surface area contributed by atoms with E-state index < -0.39 is 23.3 Å². The van der Waals surface area contributed by atoms with Crippen molar-refractivity contribution >= 4 is 22.6 Å². The summed E-state index contributed by atoms with van der Waals surface area (Å²) in [6.07, 6.45) is 0. The molecule has 6 aromatic rings. The molecule has 8 heteroatoms. The topological polar surface area (TPSA) is 51.6 Å². The molecule has 41 heavy (non-hydrogen) atoms. The van der Waals surface area contributed by atoms with Crippen LogP contribution in [-0.2, 0) is 5.41 Å². The van der Waals surface area contributed by atoms with Crippen molar-refractivity contribution in [1.29, 1.82) is 0 Å². The van der Waals surface area contributed by atoms with Crippen LogP contribution in [-0.4, -0.2) is 19.9 Å². The number of rotatable bonds is 6. The molecule has 0 radical (unpaired) electrons. The Morgan fingerprint density at radius 3 is 1.46 bits per heavy atom. The summed E-state index contributed by atoms with van der Waals surface area (Å²) in [6.45, 7) is 0. The molecule has 0 aliphatic rings. The molecule has 0 aliphatic carbocycles. The van der Waals surface area contributed by atoms with Crippen LogP contribution in [0, 0.1) is 21.5 Å². The highest BCUT2D eigenvalue weighted by atomic mass is 127. The molecule has 0 saturated heterocycles. The van der Waals surface area contributed by atoms with E-state index in [9.17, 15) is 13.2 Å². The van der Waals surface area contributed by atoms with Crippen LogP contribution >= 0.6 is 22.6 Å². The molecular formula is C33H20F3IN4. The van der Waals surface area contributed by atoms with Crippen molar-refractivity contribution in [3.05, 3.63) is 165 Å². The summed E-state index contributed by atoms with van der Waals surface area (Å²) in [6, 6.07) is 36.0. The minimum atomic E-state index is -1.04. The van der Waals surface area contributed by atoms with Crippen LogP contribution in [0.2, 0.25) is 0 Å². The maximum atomic E-state index is 14.8.